The maximum absolute atomic E-state index is 11.2. The fourth-order valence-electron chi connectivity index (χ4n) is 2.74. The Morgan fingerprint density at radius 2 is 1.74 bits per heavy atom. The lowest BCUT2D eigenvalue weighted by Gasteiger charge is -2.25. The molecule has 0 aromatic carbocycles. The molecule has 0 aromatic heterocycles. The molecule has 1 aliphatic rings. The van der Waals surface area contributed by atoms with Gasteiger partial charge in [0.2, 0.25) is 0 Å². The van der Waals surface area contributed by atoms with Crippen molar-refractivity contribution in [2.45, 2.75) is 90.3 Å². The van der Waals surface area contributed by atoms with Crippen molar-refractivity contribution in [3.8, 4) is 0 Å². The Balaban J connectivity index is 2.18. The first-order valence-electron chi connectivity index (χ1n) is 7.98. The van der Waals surface area contributed by atoms with Gasteiger partial charge in [0.05, 0.1) is 6.10 Å². The Kier molecular flexibility index (Phi) is 8.11. The van der Waals surface area contributed by atoms with Crippen molar-refractivity contribution in [2.75, 3.05) is 0 Å². The van der Waals surface area contributed by atoms with Crippen LogP contribution in [0, 0.1) is 5.92 Å². The average molecular weight is 270 g/mol. The zero-order valence-corrected chi connectivity index (χ0v) is 12.6. The third-order valence-electron chi connectivity index (χ3n) is 3.93. The lowest BCUT2D eigenvalue weighted by atomic mass is 9.97. The predicted molar refractivity (Wildman–Crippen MR) is 77.3 cm³/mol. The van der Waals surface area contributed by atoms with Gasteiger partial charge < -0.3 is 9.84 Å². The van der Waals surface area contributed by atoms with Crippen molar-refractivity contribution in [1.82, 2.24) is 0 Å². The van der Waals surface area contributed by atoms with Gasteiger partial charge in [0.1, 0.15) is 0 Å². The number of rotatable bonds is 9. The molecular formula is C16H30O3. The van der Waals surface area contributed by atoms with Crippen LogP contribution in [0.15, 0.2) is 0 Å². The van der Waals surface area contributed by atoms with Gasteiger partial charge in [-0.3, -0.25) is 0 Å². The van der Waals surface area contributed by atoms with Gasteiger partial charge in [-0.2, -0.15) is 0 Å². The molecule has 1 rings (SSSR count). The molecule has 1 fully saturated rings. The molecule has 0 aliphatic heterocycles. The molecular weight excluding hydrogens is 240 g/mol. The maximum Gasteiger partial charge on any atom is 0.332 e. The normalized spacial score (nSPS) is 18.7. The van der Waals surface area contributed by atoms with Crippen molar-refractivity contribution >= 4 is 5.97 Å². The number of hydrogen-bond donors (Lipinski definition) is 1. The van der Waals surface area contributed by atoms with Gasteiger partial charge in [-0.1, -0.05) is 58.8 Å². The number of carboxylic acid groups (broad SMARTS) is 1. The first kappa shape index (κ1) is 16.5. The van der Waals surface area contributed by atoms with Crippen LogP contribution in [0.4, 0.5) is 0 Å². The summed E-state index contributed by atoms with van der Waals surface area (Å²) in [5.74, 6) is -0.0387. The van der Waals surface area contributed by atoms with Gasteiger partial charge in [0.15, 0.2) is 6.10 Å². The molecule has 3 heteroatoms. The first-order chi connectivity index (χ1) is 9.09. The van der Waals surface area contributed by atoms with Crippen LogP contribution in [-0.2, 0) is 9.53 Å². The Morgan fingerprint density at radius 3 is 2.32 bits per heavy atom. The van der Waals surface area contributed by atoms with E-state index in [-0.39, 0.29) is 6.10 Å². The minimum absolute atomic E-state index is 0.186. The number of carbonyl (C=O) groups is 1. The van der Waals surface area contributed by atoms with E-state index < -0.39 is 12.1 Å². The van der Waals surface area contributed by atoms with E-state index in [1.807, 2.05) is 0 Å². The Labute approximate surface area is 117 Å². The summed E-state index contributed by atoms with van der Waals surface area (Å²) < 4.78 is 5.78. The summed E-state index contributed by atoms with van der Waals surface area (Å²) in [4.78, 5) is 11.2. The fourth-order valence-corrected chi connectivity index (χ4v) is 2.74. The largest absolute Gasteiger partial charge is 0.479 e. The van der Waals surface area contributed by atoms with Crippen molar-refractivity contribution in [1.29, 1.82) is 0 Å². The van der Waals surface area contributed by atoms with Gasteiger partial charge >= 0.3 is 5.97 Å². The lowest BCUT2D eigenvalue weighted by molar-refractivity contribution is -0.156. The second kappa shape index (κ2) is 9.35. The topological polar surface area (TPSA) is 46.5 Å². The molecule has 112 valence electrons. The van der Waals surface area contributed by atoms with Crippen molar-refractivity contribution < 1.29 is 14.6 Å². The van der Waals surface area contributed by atoms with Crippen molar-refractivity contribution in [3.05, 3.63) is 0 Å². The van der Waals surface area contributed by atoms with Crippen LogP contribution in [-0.4, -0.2) is 23.3 Å². The third-order valence-corrected chi connectivity index (χ3v) is 3.93. The minimum atomic E-state index is -0.783. The Morgan fingerprint density at radius 1 is 1.11 bits per heavy atom. The quantitative estimate of drug-likeness (QED) is 0.632. The molecule has 1 unspecified atom stereocenters. The fraction of sp³-hybridized carbons (Fsp3) is 0.938. The van der Waals surface area contributed by atoms with Gasteiger partial charge in [-0.15, -0.1) is 0 Å². The summed E-state index contributed by atoms with van der Waals surface area (Å²) in [7, 11) is 0. The van der Waals surface area contributed by atoms with Crippen molar-refractivity contribution in [2.24, 2.45) is 5.92 Å². The van der Waals surface area contributed by atoms with E-state index in [0.29, 0.717) is 6.42 Å². The molecule has 3 nitrogen and oxygen atoms in total. The summed E-state index contributed by atoms with van der Waals surface area (Å²) >= 11 is 0. The Hall–Kier alpha value is -0.570. The molecule has 1 N–H and O–H groups in total. The van der Waals surface area contributed by atoms with E-state index in [4.69, 9.17) is 4.74 Å². The average Bonchev–Trinajstić information content (AvgIpc) is 2.37. The second-order valence-corrected chi connectivity index (χ2v) is 6.25. The highest BCUT2D eigenvalue weighted by molar-refractivity contribution is 5.72. The summed E-state index contributed by atoms with van der Waals surface area (Å²) in [5.41, 5.74) is 0. The summed E-state index contributed by atoms with van der Waals surface area (Å²) in [6.45, 7) is 4.46. The summed E-state index contributed by atoms with van der Waals surface area (Å²) in [5, 5.41) is 9.22. The van der Waals surface area contributed by atoms with E-state index in [9.17, 15) is 9.90 Å². The zero-order chi connectivity index (χ0) is 14.1. The van der Waals surface area contributed by atoms with Crippen LogP contribution >= 0.6 is 0 Å². The minimum Gasteiger partial charge on any atom is -0.479 e. The van der Waals surface area contributed by atoms with E-state index in [1.54, 1.807) is 0 Å². The van der Waals surface area contributed by atoms with Crippen LogP contribution in [0.3, 0.4) is 0 Å². The van der Waals surface area contributed by atoms with Gasteiger partial charge in [-0.05, 0) is 25.2 Å². The van der Waals surface area contributed by atoms with Crippen LogP contribution in [0.1, 0.15) is 78.1 Å². The number of ether oxygens (including phenoxy) is 1. The van der Waals surface area contributed by atoms with E-state index in [0.717, 1.165) is 31.6 Å². The maximum atomic E-state index is 11.2. The molecule has 0 radical (unpaired) electrons. The molecule has 1 saturated carbocycles. The smallest absolute Gasteiger partial charge is 0.332 e. The Bertz CT molecular complexity index is 244. The number of aliphatic carboxylic acids is 1. The highest BCUT2D eigenvalue weighted by atomic mass is 16.5. The van der Waals surface area contributed by atoms with E-state index >= 15 is 0 Å². The standard InChI is InChI=1S/C16H30O3/c1-13(2)9-5-3-8-12-15(16(17)18)19-14-10-6-4-7-11-14/h13-15H,3-12H2,1-2H3,(H,17,18). The van der Waals surface area contributed by atoms with Gasteiger partial charge in [-0.25, -0.2) is 4.79 Å². The van der Waals surface area contributed by atoms with Crippen LogP contribution in [0.2, 0.25) is 0 Å². The zero-order valence-electron chi connectivity index (χ0n) is 12.6. The second-order valence-electron chi connectivity index (χ2n) is 6.25. The van der Waals surface area contributed by atoms with Crippen LogP contribution in [0.25, 0.3) is 0 Å². The van der Waals surface area contributed by atoms with Gasteiger partial charge in [0, 0.05) is 0 Å². The van der Waals surface area contributed by atoms with Gasteiger partial charge in [0.25, 0.3) is 0 Å². The number of hydrogen-bond acceptors (Lipinski definition) is 2. The monoisotopic (exact) mass is 270 g/mol. The molecule has 0 saturated heterocycles. The summed E-state index contributed by atoms with van der Waals surface area (Å²) in [6.07, 6.45) is 10.5. The molecule has 19 heavy (non-hydrogen) atoms. The molecule has 0 aromatic rings. The molecule has 0 bridgehead atoms. The molecule has 1 aliphatic carbocycles. The number of carboxylic acids is 1. The van der Waals surface area contributed by atoms with Crippen LogP contribution < -0.4 is 0 Å². The highest BCUT2D eigenvalue weighted by Crippen LogP contribution is 2.23. The van der Waals surface area contributed by atoms with Crippen molar-refractivity contribution in [3.63, 3.8) is 0 Å². The third kappa shape index (κ3) is 7.56. The summed E-state index contributed by atoms with van der Waals surface area (Å²) in [6, 6.07) is 0. The number of unbranched alkanes of at least 4 members (excludes halogenated alkanes) is 2. The lowest BCUT2D eigenvalue weighted by Crippen LogP contribution is -2.30. The molecule has 0 spiro atoms. The van der Waals surface area contributed by atoms with E-state index in [1.165, 1.54) is 32.1 Å². The SMILES string of the molecule is CC(C)CCCCCC(OC1CCCCC1)C(=O)O. The predicted octanol–water partition coefficient (Wildman–Crippen LogP) is 4.40. The molecule has 1 atom stereocenters. The molecule has 0 heterocycles. The van der Waals surface area contributed by atoms with Crippen LogP contribution in [0.5, 0.6) is 0 Å². The van der Waals surface area contributed by atoms with E-state index in [2.05, 4.69) is 13.8 Å². The first-order valence-corrected chi connectivity index (χ1v) is 7.98. The highest BCUT2D eigenvalue weighted by Gasteiger charge is 2.23. The molecule has 0 amide bonds.